The Hall–Kier alpha value is -1.46. The number of carbonyl (C=O) groups is 2. The molecule has 2 amide bonds. The van der Waals surface area contributed by atoms with Crippen molar-refractivity contribution in [3.63, 3.8) is 0 Å². The van der Waals surface area contributed by atoms with Crippen LogP contribution in [-0.2, 0) is 16.1 Å². The molecule has 1 aromatic rings. The summed E-state index contributed by atoms with van der Waals surface area (Å²) in [6.07, 6.45) is 2.34. The minimum Gasteiger partial charge on any atom is -0.389 e. The maximum absolute atomic E-state index is 11.9. The van der Waals surface area contributed by atoms with E-state index in [0.29, 0.717) is 23.4 Å². The molecule has 20 heavy (non-hydrogen) atoms. The normalized spacial score (nSPS) is 16.1. The van der Waals surface area contributed by atoms with Crippen LogP contribution in [0.2, 0.25) is 5.02 Å². The highest BCUT2D eigenvalue weighted by molar-refractivity contribution is 7.80. The monoisotopic (exact) mass is 310 g/mol. The zero-order valence-electron chi connectivity index (χ0n) is 10.9. The van der Waals surface area contributed by atoms with E-state index in [0.717, 1.165) is 18.4 Å². The zero-order chi connectivity index (χ0) is 14.7. The number of imide groups is 1. The van der Waals surface area contributed by atoms with E-state index in [2.05, 4.69) is 0 Å². The second-order valence-electron chi connectivity index (χ2n) is 4.75. The Morgan fingerprint density at radius 1 is 1.25 bits per heavy atom. The van der Waals surface area contributed by atoms with Crippen molar-refractivity contribution in [3.05, 3.63) is 34.3 Å². The van der Waals surface area contributed by atoms with Gasteiger partial charge in [0.1, 0.15) is 4.99 Å². The third-order valence-corrected chi connectivity index (χ3v) is 3.89. The van der Waals surface area contributed by atoms with Gasteiger partial charge in [0.05, 0.1) is 6.54 Å². The van der Waals surface area contributed by atoms with Crippen LogP contribution in [0.5, 0.6) is 0 Å². The van der Waals surface area contributed by atoms with Gasteiger partial charge in [-0.25, -0.2) is 0 Å². The summed E-state index contributed by atoms with van der Waals surface area (Å²) in [7, 11) is 0. The lowest BCUT2D eigenvalue weighted by molar-refractivity contribution is -0.144. The lowest BCUT2D eigenvalue weighted by Gasteiger charge is -2.19. The van der Waals surface area contributed by atoms with Gasteiger partial charge in [-0.1, -0.05) is 36.0 Å². The highest BCUT2D eigenvalue weighted by atomic mass is 35.5. The van der Waals surface area contributed by atoms with Crippen LogP contribution in [0.15, 0.2) is 18.2 Å². The van der Waals surface area contributed by atoms with Crippen molar-refractivity contribution < 1.29 is 9.59 Å². The zero-order valence-corrected chi connectivity index (χ0v) is 12.5. The Labute approximate surface area is 127 Å². The van der Waals surface area contributed by atoms with Crippen molar-refractivity contribution in [1.82, 2.24) is 4.90 Å². The second kappa shape index (κ2) is 6.33. The van der Waals surface area contributed by atoms with Crippen molar-refractivity contribution >= 4 is 40.6 Å². The van der Waals surface area contributed by atoms with Crippen molar-refractivity contribution in [1.29, 1.82) is 0 Å². The molecule has 0 saturated carbocycles. The molecule has 1 aliphatic heterocycles. The SMILES string of the molecule is NC(=S)c1ccc(CN2C(=O)CCCCC2=O)c(Cl)c1. The average molecular weight is 311 g/mol. The highest BCUT2D eigenvalue weighted by Gasteiger charge is 2.24. The first-order valence-electron chi connectivity index (χ1n) is 6.40. The minimum absolute atomic E-state index is 0.137. The van der Waals surface area contributed by atoms with Crippen LogP contribution >= 0.6 is 23.8 Å². The number of benzene rings is 1. The molecule has 0 bridgehead atoms. The standard InChI is InChI=1S/C14H15ClN2O2S/c15-11-7-9(14(16)20)5-6-10(11)8-17-12(18)3-1-2-4-13(17)19/h5-7H,1-4,8H2,(H2,16,20). The predicted octanol–water partition coefficient (Wildman–Crippen LogP) is 2.40. The number of nitrogens with zero attached hydrogens (tertiary/aromatic N) is 1. The number of hydrogen-bond donors (Lipinski definition) is 1. The number of hydrogen-bond acceptors (Lipinski definition) is 3. The topological polar surface area (TPSA) is 63.4 Å². The molecule has 4 nitrogen and oxygen atoms in total. The van der Waals surface area contributed by atoms with Gasteiger partial charge in [-0.05, 0) is 24.5 Å². The van der Waals surface area contributed by atoms with E-state index in [-0.39, 0.29) is 23.3 Å². The summed E-state index contributed by atoms with van der Waals surface area (Å²) in [4.78, 5) is 25.4. The molecule has 2 rings (SSSR count). The van der Waals surface area contributed by atoms with Crippen molar-refractivity contribution in [3.8, 4) is 0 Å². The van der Waals surface area contributed by atoms with Crippen LogP contribution in [0.4, 0.5) is 0 Å². The lowest BCUT2D eigenvalue weighted by Crippen LogP contribution is -2.34. The summed E-state index contributed by atoms with van der Waals surface area (Å²) >= 11 is 11.0. The average Bonchev–Trinajstić information content (AvgIpc) is 2.55. The maximum Gasteiger partial charge on any atom is 0.229 e. The number of halogens is 1. The van der Waals surface area contributed by atoms with E-state index in [1.165, 1.54) is 4.90 Å². The minimum atomic E-state index is -0.137. The van der Waals surface area contributed by atoms with Gasteiger partial charge < -0.3 is 5.73 Å². The van der Waals surface area contributed by atoms with Crippen molar-refractivity contribution in [2.45, 2.75) is 32.2 Å². The van der Waals surface area contributed by atoms with Crippen LogP contribution in [0.25, 0.3) is 0 Å². The summed E-state index contributed by atoms with van der Waals surface area (Å²) in [6, 6.07) is 5.16. The summed E-state index contributed by atoms with van der Waals surface area (Å²) < 4.78 is 0. The molecule has 1 aromatic carbocycles. The van der Waals surface area contributed by atoms with Crippen molar-refractivity contribution in [2.24, 2.45) is 5.73 Å². The molecular formula is C14H15ClN2O2S. The molecule has 0 unspecified atom stereocenters. The van der Waals surface area contributed by atoms with Gasteiger partial charge in [0.15, 0.2) is 0 Å². The van der Waals surface area contributed by atoms with Gasteiger partial charge in [0.25, 0.3) is 0 Å². The van der Waals surface area contributed by atoms with Gasteiger partial charge in [0.2, 0.25) is 11.8 Å². The maximum atomic E-state index is 11.9. The second-order valence-corrected chi connectivity index (χ2v) is 5.60. The Balaban J connectivity index is 2.22. The van der Waals surface area contributed by atoms with Gasteiger partial charge in [-0.15, -0.1) is 0 Å². The number of thiocarbonyl (C=S) groups is 1. The molecule has 1 saturated heterocycles. The van der Waals surface area contributed by atoms with Gasteiger partial charge >= 0.3 is 0 Å². The third-order valence-electron chi connectivity index (χ3n) is 3.30. The predicted molar refractivity (Wildman–Crippen MR) is 81.4 cm³/mol. The van der Waals surface area contributed by atoms with Crippen molar-refractivity contribution in [2.75, 3.05) is 0 Å². The Morgan fingerprint density at radius 3 is 2.35 bits per heavy atom. The molecule has 0 aliphatic carbocycles. The Kier molecular flexibility index (Phi) is 4.73. The quantitative estimate of drug-likeness (QED) is 0.688. The smallest absolute Gasteiger partial charge is 0.229 e. The van der Waals surface area contributed by atoms with E-state index >= 15 is 0 Å². The van der Waals surface area contributed by atoms with Crippen LogP contribution in [0.1, 0.15) is 36.8 Å². The molecule has 1 heterocycles. The molecule has 0 radical (unpaired) electrons. The fourth-order valence-corrected chi connectivity index (χ4v) is 2.50. The molecule has 6 heteroatoms. The lowest BCUT2D eigenvalue weighted by atomic mass is 10.1. The fourth-order valence-electron chi connectivity index (χ4n) is 2.14. The van der Waals surface area contributed by atoms with Crippen LogP contribution in [0, 0.1) is 0 Å². The summed E-state index contributed by atoms with van der Waals surface area (Å²) in [5.74, 6) is -0.274. The molecular weight excluding hydrogens is 296 g/mol. The van der Waals surface area contributed by atoms with Crippen LogP contribution in [0.3, 0.4) is 0 Å². The fraction of sp³-hybridized carbons (Fsp3) is 0.357. The first-order chi connectivity index (χ1) is 9.49. The molecule has 0 aromatic heterocycles. The molecule has 1 fully saturated rings. The van der Waals surface area contributed by atoms with Gasteiger partial charge in [0, 0.05) is 23.4 Å². The van der Waals surface area contributed by atoms with E-state index < -0.39 is 0 Å². The largest absolute Gasteiger partial charge is 0.389 e. The molecule has 106 valence electrons. The third kappa shape index (κ3) is 3.35. The van der Waals surface area contributed by atoms with E-state index in [4.69, 9.17) is 29.6 Å². The van der Waals surface area contributed by atoms with Crippen LogP contribution < -0.4 is 5.73 Å². The molecule has 2 N–H and O–H groups in total. The Morgan fingerprint density at radius 2 is 1.85 bits per heavy atom. The van der Waals surface area contributed by atoms with Gasteiger partial charge in [-0.2, -0.15) is 0 Å². The number of amides is 2. The molecule has 0 atom stereocenters. The first kappa shape index (κ1) is 14.9. The first-order valence-corrected chi connectivity index (χ1v) is 7.19. The van der Waals surface area contributed by atoms with E-state index in [1.807, 2.05) is 0 Å². The Bertz CT molecular complexity index is 556. The number of nitrogens with two attached hydrogens (primary N) is 1. The summed E-state index contributed by atoms with van der Waals surface area (Å²) in [5.41, 5.74) is 6.92. The van der Waals surface area contributed by atoms with E-state index in [9.17, 15) is 9.59 Å². The number of rotatable bonds is 3. The number of likely N-dealkylation sites (tertiary alicyclic amines) is 1. The molecule has 1 aliphatic rings. The number of carbonyl (C=O) groups excluding carboxylic acids is 2. The molecule has 0 spiro atoms. The van der Waals surface area contributed by atoms with E-state index in [1.54, 1.807) is 18.2 Å². The summed E-state index contributed by atoms with van der Waals surface area (Å²) in [5, 5.41) is 0.458. The highest BCUT2D eigenvalue weighted by Crippen LogP contribution is 2.22. The van der Waals surface area contributed by atoms with Gasteiger partial charge in [-0.3, -0.25) is 14.5 Å². The summed E-state index contributed by atoms with van der Waals surface area (Å²) in [6.45, 7) is 0.202. The van der Waals surface area contributed by atoms with Crippen LogP contribution in [-0.4, -0.2) is 21.7 Å².